The first kappa shape index (κ1) is 10.9. The SMILES string of the molecule is C[C@H]1CN(C(=O)c2cccc(=O)[nH]2)CCN1. The molecule has 1 aliphatic heterocycles. The van der Waals surface area contributed by atoms with Crippen LogP contribution in [-0.4, -0.2) is 41.5 Å². The van der Waals surface area contributed by atoms with Gasteiger partial charge in [-0.25, -0.2) is 0 Å². The first-order chi connectivity index (χ1) is 7.66. The van der Waals surface area contributed by atoms with Gasteiger partial charge < -0.3 is 15.2 Å². The summed E-state index contributed by atoms with van der Waals surface area (Å²) < 4.78 is 0. The zero-order valence-electron chi connectivity index (χ0n) is 9.19. The van der Waals surface area contributed by atoms with Crippen molar-refractivity contribution in [2.45, 2.75) is 13.0 Å². The summed E-state index contributed by atoms with van der Waals surface area (Å²) in [6.45, 7) is 4.19. The van der Waals surface area contributed by atoms with Crippen molar-refractivity contribution in [1.29, 1.82) is 0 Å². The molecular weight excluding hydrogens is 206 g/mol. The zero-order chi connectivity index (χ0) is 11.5. The van der Waals surface area contributed by atoms with Gasteiger partial charge in [-0.2, -0.15) is 0 Å². The standard InChI is InChI=1S/C11H15N3O2/c1-8-7-14(6-5-12-8)11(16)9-3-2-4-10(15)13-9/h2-4,8,12H,5-7H2,1H3,(H,13,15)/t8-/m0/s1. The second-order valence-electron chi connectivity index (χ2n) is 4.04. The summed E-state index contributed by atoms with van der Waals surface area (Å²) >= 11 is 0. The van der Waals surface area contributed by atoms with Crippen LogP contribution in [0.25, 0.3) is 0 Å². The van der Waals surface area contributed by atoms with Gasteiger partial charge in [-0.3, -0.25) is 9.59 Å². The summed E-state index contributed by atoms with van der Waals surface area (Å²) in [6.07, 6.45) is 0. The average Bonchev–Trinajstić information content (AvgIpc) is 2.28. The van der Waals surface area contributed by atoms with Crippen LogP contribution in [0.4, 0.5) is 0 Å². The smallest absolute Gasteiger partial charge is 0.270 e. The molecular formula is C11H15N3O2. The second kappa shape index (κ2) is 4.49. The molecule has 1 aromatic rings. The molecule has 1 atom stereocenters. The molecule has 0 aromatic carbocycles. The lowest BCUT2D eigenvalue weighted by Crippen LogP contribution is -2.51. The number of piperazine rings is 1. The van der Waals surface area contributed by atoms with E-state index in [0.29, 0.717) is 24.8 Å². The van der Waals surface area contributed by atoms with Crippen LogP contribution in [0.3, 0.4) is 0 Å². The highest BCUT2D eigenvalue weighted by atomic mass is 16.2. The van der Waals surface area contributed by atoms with Gasteiger partial charge in [0.2, 0.25) is 5.56 Å². The lowest BCUT2D eigenvalue weighted by molar-refractivity contribution is 0.0703. The van der Waals surface area contributed by atoms with Crippen LogP contribution < -0.4 is 10.9 Å². The third-order valence-electron chi connectivity index (χ3n) is 2.65. The van der Waals surface area contributed by atoms with E-state index in [1.165, 1.54) is 6.07 Å². The van der Waals surface area contributed by atoms with Crippen molar-refractivity contribution >= 4 is 5.91 Å². The summed E-state index contributed by atoms with van der Waals surface area (Å²) in [5.74, 6) is -0.106. The van der Waals surface area contributed by atoms with Gasteiger partial charge in [0.15, 0.2) is 0 Å². The third kappa shape index (κ3) is 2.30. The van der Waals surface area contributed by atoms with Crippen LogP contribution >= 0.6 is 0 Å². The molecule has 2 N–H and O–H groups in total. The van der Waals surface area contributed by atoms with Crippen LogP contribution in [0.1, 0.15) is 17.4 Å². The van der Waals surface area contributed by atoms with E-state index in [1.807, 2.05) is 6.92 Å². The van der Waals surface area contributed by atoms with E-state index in [9.17, 15) is 9.59 Å². The van der Waals surface area contributed by atoms with E-state index in [4.69, 9.17) is 0 Å². The maximum absolute atomic E-state index is 12.0. The molecule has 1 fully saturated rings. The van der Waals surface area contributed by atoms with E-state index in [-0.39, 0.29) is 11.5 Å². The Hall–Kier alpha value is -1.62. The minimum absolute atomic E-state index is 0.106. The van der Waals surface area contributed by atoms with Crippen LogP contribution in [0.5, 0.6) is 0 Å². The van der Waals surface area contributed by atoms with Gasteiger partial charge in [-0.05, 0) is 13.0 Å². The molecule has 0 radical (unpaired) electrons. The predicted octanol–water partition coefficient (Wildman–Crippen LogP) is -0.191. The Kier molecular flexibility index (Phi) is 3.05. The molecule has 16 heavy (non-hydrogen) atoms. The maximum atomic E-state index is 12.0. The van der Waals surface area contributed by atoms with Crippen molar-refractivity contribution in [2.75, 3.05) is 19.6 Å². The van der Waals surface area contributed by atoms with Gasteiger partial charge in [0.25, 0.3) is 5.91 Å². The van der Waals surface area contributed by atoms with E-state index in [1.54, 1.807) is 17.0 Å². The number of pyridine rings is 1. The van der Waals surface area contributed by atoms with Crippen molar-refractivity contribution < 1.29 is 4.79 Å². The molecule has 0 aliphatic carbocycles. The number of hydrogen-bond acceptors (Lipinski definition) is 3. The fourth-order valence-electron chi connectivity index (χ4n) is 1.86. The van der Waals surface area contributed by atoms with Gasteiger partial charge in [0, 0.05) is 31.7 Å². The van der Waals surface area contributed by atoms with Crippen molar-refractivity contribution in [3.63, 3.8) is 0 Å². The summed E-state index contributed by atoms with van der Waals surface area (Å²) in [6, 6.07) is 4.93. The Bertz CT molecular complexity index is 441. The van der Waals surface area contributed by atoms with E-state index < -0.39 is 0 Å². The van der Waals surface area contributed by atoms with E-state index in [0.717, 1.165) is 6.54 Å². The first-order valence-electron chi connectivity index (χ1n) is 5.39. The lowest BCUT2D eigenvalue weighted by atomic mass is 10.2. The molecule has 0 spiro atoms. The Morgan fingerprint density at radius 1 is 1.50 bits per heavy atom. The highest BCUT2D eigenvalue weighted by Gasteiger charge is 2.21. The van der Waals surface area contributed by atoms with E-state index >= 15 is 0 Å². The number of nitrogens with one attached hydrogen (secondary N) is 2. The Labute approximate surface area is 93.5 Å². The number of carbonyl (C=O) groups is 1. The number of carbonyl (C=O) groups excluding carboxylic acids is 1. The van der Waals surface area contributed by atoms with E-state index in [2.05, 4.69) is 10.3 Å². The molecule has 0 bridgehead atoms. The quantitative estimate of drug-likeness (QED) is 0.690. The van der Waals surface area contributed by atoms with Crippen molar-refractivity contribution in [3.05, 3.63) is 34.2 Å². The summed E-state index contributed by atoms with van der Waals surface area (Å²) in [5.41, 5.74) is 0.121. The number of aromatic amines is 1. The monoisotopic (exact) mass is 221 g/mol. The highest BCUT2D eigenvalue weighted by Crippen LogP contribution is 2.04. The van der Waals surface area contributed by atoms with Gasteiger partial charge in [-0.1, -0.05) is 6.07 Å². The summed E-state index contributed by atoms with van der Waals surface area (Å²) in [4.78, 5) is 27.4. The van der Waals surface area contributed by atoms with Crippen molar-refractivity contribution in [2.24, 2.45) is 0 Å². The normalized spacial score (nSPS) is 20.8. The Morgan fingerprint density at radius 3 is 3.00 bits per heavy atom. The molecule has 1 saturated heterocycles. The number of H-pyrrole nitrogens is 1. The summed E-state index contributed by atoms with van der Waals surface area (Å²) in [7, 11) is 0. The fraction of sp³-hybridized carbons (Fsp3) is 0.455. The molecule has 0 unspecified atom stereocenters. The van der Waals surface area contributed by atoms with Gasteiger partial charge in [0.1, 0.15) is 5.69 Å². The number of amides is 1. The fourth-order valence-corrected chi connectivity index (χ4v) is 1.86. The Balaban J connectivity index is 2.15. The molecule has 2 rings (SSSR count). The third-order valence-corrected chi connectivity index (χ3v) is 2.65. The van der Waals surface area contributed by atoms with Crippen LogP contribution in [0.2, 0.25) is 0 Å². The second-order valence-corrected chi connectivity index (χ2v) is 4.04. The van der Waals surface area contributed by atoms with Gasteiger partial charge in [-0.15, -0.1) is 0 Å². The van der Waals surface area contributed by atoms with Gasteiger partial charge in [0.05, 0.1) is 0 Å². The average molecular weight is 221 g/mol. The summed E-state index contributed by atoms with van der Waals surface area (Å²) in [5, 5.41) is 3.26. The van der Waals surface area contributed by atoms with Crippen molar-refractivity contribution in [1.82, 2.24) is 15.2 Å². The minimum atomic E-state index is -0.242. The van der Waals surface area contributed by atoms with Gasteiger partial charge >= 0.3 is 0 Å². The van der Waals surface area contributed by atoms with Crippen LogP contribution in [0, 0.1) is 0 Å². The maximum Gasteiger partial charge on any atom is 0.270 e. The largest absolute Gasteiger partial charge is 0.335 e. The highest BCUT2D eigenvalue weighted by molar-refractivity contribution is 5.92. The minimum Gasteiger partial charge on any atom is -0.335 e. The molecule has 1 aromatic heterocycles. The molecule has 5 nitrogen and oxygen atoms in total. The first-order valence-corrected chi connectivity index (χ1v) is 5.39. The lowest BCUT2D eigenvalue weighted by Gasteiger charge is -2.31. The topological polar surface area (TPSA) is 65.2 Å². The molecule has 5 heteroatoms. The number of nitrogens with zero attached hydrogens (tertiary/aromatic N) is 1. The molecule has 86 valence electrons. The Morgan fingerprint density at radius 2 is 2.31 bits per heavy atom. The number of rotatable bonds is 1. The van der Waals surface area contributed by atoms with Crippen LogP contribution in [0.15, 0.2) is 23.0 Å². The zero-order valence-corrected chi connectivity index (χ0v) is 9.19. The number of aromatic nitrogens is 1. The molecule has 1 aliphatic rings. The predicted molar refractivity (Wildman–Crippen MR) is 60.4 cm³/mol. The molecule has 2 heterocycles. The molecule has 0 saturated carbocycles. The van der Waals surface area contributed by atoms with Crippen molar-refractivity contribution in [3.8, 4) is 0 Å². The molecule has 1 amide bonds. The number of hydrogen-bond donors (Lipinski definition) is 2. The van der Waals surface area contributed by atoms with Crippen LogP contribution in [-0.2, 0) is 0 Å².